The molecule has 2 nitrogen and oxygen atoms in total. The number of nitrogens with one attached hydrogen (secondary N) is 1. The molecule has 1 aliphatic carbocycles. The Morgan fingerprint density at radius 1 is 1.38 bits per heavy atom. The van der Waals surface area contributed by atoms with Crippen molar-refractivity contribution in [3.05, 3.63) is 29.6 Å². The highest BCUT2D eigenvalue weighted by molar-refractivity contribution is 5.16. The van der Waals surface area contributed by atoms with Crippen LogP contribution in [0.25, 0.3) is 0 Å². The molecular weight excluding hydrogens is 196 g/mol. The lowest BCUT2D eigenvalue weighted by molar-refractivity contribution is 0.380. The standard InChI is InChI=1S/C14H22N2/c1-11-7-13(9-15-8-11)10-16-12(2)14-5-3-4-6-14/h7-9,12,14,16H,3-6,10H2,1-2H3/t12-/m1/s1. The SMILES string of the molecule is Cc1cncc(CN[C@H](C)C2CCCC2)c1. The second-order valence-corrected chi connectivity index (χ2v) is 5.08. The molecule has 88 valence electrons. The normalized spacial score (nSPS) is 18.9. The van der Waals surface area contributed by atoms with E-state index >= 15 is 0 Å². The molecule has 1 aromatic rings. The van der Waals surface area contributed by atoms with Gasteiger partial charge >= 0.3 is 0 Å². The van der Waals surface area contributed by atoms with E-state index in [0.717, 1.165) is 12.5 Å². The Morgan fingerprint density at radius 3 is 2.81 bits per heavy atom. The van der Waals surface area contributed by atoms with Crippen LogP contribution in [0.4, 0.5) is 0 Å². The van der Waals surface area contributed by atoms with Crippen molar-refractivity contribution in [3.8, 4) is 0 Å². The van der Waals surface area contributed by atoms with E-state index in [0.29, 0.717) is 6.04 Å². The van der Waals surface area contributed by atoms with E-state index < -0.39 is 0 Å². The van der Waals surface area contributed by atoms with Crippen LogP contribution >= 0.6 is 0 Å². The van der Waals surface area contributed by atoms with Crippen LogP contribution in [0.15, 0.2) is 18.5 Å². The highest BCUT2D eigenvalue weighted by Gasteiger charge is 2.20. The molecule has 16 heavy (non-hydrogen) atoms. The van der Waals surface area contributed by atoms with Crippen molar-refractivity contribution in [2.24, 2.45) is 5.92 Å². The third-order valence-corrected chi connectivity index (χ3v) is 3.67. The summed E-state index contributed by atoms with van der Waals surface area (Å²) in [5, 5.41) is 3.63. The zero-order chi connectivity index (χ0) is 11.4. The van der Waals surface area contributed by atoms with Gasteiger partial charge in [-0.3, -0.25) is 4.98 Å². The van der Waals surface area contributed by atoms with E-state index in [1.807, 2.05) is 12.4 Å². The first kappa shape index (κ1) is 11.6. The van der Waals surface area contributed by atoms with Gasteiger partial charge in [0.05, 0.1) is 0 Å². The Labute approximate surface area is 98.5 Å². The molecule has 0 aliphatic heterocycles. The summed E-state index contributed by atoms with van der Waals surface area (Å²) in [5.74, 6) is 0.887. The largest absolute Gasteiger partial charge is 0.310 e. The highest BCUT2D eigenvalue weighted by atomic mass is 14.9. The quantitative estimate of drug-likeness (QED) is 0.840. The van der Waals surface area contributed by atoms with Crippen LogP contribution in [-0.2, 0) is 6.54 Å². The number of aryl methyl sites for hydroxylation is 1. The topological polar surface area (TPSA) is 24.9 Å². The van der Waals surface area contributed by atoms with Gasteiger partial charge in [-0.25, -0.2) is 0 Å². The van der Waals surface area contributed by atoms with Gasteiger partial charge in [0.15, 0.2) is 0 Å². The van der Waals surface area contributed by atoms with Gasteiger partial charge in [0.25, 0.3) is 0 Å². The fourth-order valence-corrected chi connectivity index (χ4v) is 2.62. The summed E-state index contributed by atoms with van der Waals surface area (Å²) in [6.45, 7) is 5.36. The third-order valence-electron chi connectivity index (χ3n) is 3.67. The van der Waals surface area contributed by atoms with Gasteiger partial charge < -0.3 is 5.32 Å². The summed E-state index contributed by atoms with van der Waals surface area (Å²) in [5.41, 5.74) is 2.54. The number of rotatable bonds is 4. The molecule has 1 N–H and O–H groups in total. The fourth-order valence-electron chi connectivity index (χ4n) is 2.62. The van der Waals surface area contributed by atoms with Gasteiger partial charge in [-0.05, 0) is 43.7 Å². The molecule has 1 atom stereocenters. The van der Waals surface area contributed by atoms with Crippen LogP contribution in [0.2, 0.25) is 0 Å². The van der Waals surface area contributed by atoms with Crippen molar-refractivity contribution in [2.75, 3.05) is 0 Å². The minimum Gasteiger partial charge on any atom is -0.310 e. The van der Waals surface area contributed by atoms with Crippen molar-refractivity contribution in [2.45, 2.75) is 52.1 Å². The molecule has 2 rings (SSSR count). The second-order valence-electron chi connectivity index (χ2n) is 5.08. The van der Waals surface area contributed by atoms with E-state index in [1.54, 1.807) is 0 Å². The van der Waals surface area contributed by atoms with Gasteiger partial charge in [-0.2, -0.15) is 0 Å². The second kappa shape index (κ2) is 5.44. The van der Waals surface area contributed by atoms with Crippen molar-refractivity contribution >= 4 is 0 Å². The van der Waals surface area contributed by atoms with Crippen molar-refractivity contribution < 1.29 is 0 Å². The van der Waals surface area contributed by atoms with Gasteiger partial charge in [0.2, 0.25) is 0 Å². The average molecular weight is 218 g/mol. The Balaban J connectivity index is 1.82. The lowest BCUT2D eigenvalue weighted by atomic mass is 9.99. The third kappa shape index (κ3) is 3.05. The molecule has 0 amide bonds. The minimum atomic E-state index is 0.642. The average Bonchev–Trinajstić information content (AvgIpc) is 2.79. The maximum absolute atomic E-state index is 4.22. The molecule has 0 bridgehead atoms. The summed E-state index contributed by atoms with van der Waals surface area (Å²) in [7, 11) is 0. The molecule has 0 unspecified atom stereocenters. The Kier molecular flexibility index (Phi) is 3.94. The smallest absolute Gasteiger partial charge is 0.0313 e. The molecule has 0 saturated heterocycles. The van der Waals surface area contributed by atoms with E-state index in [1.165, 1.54) is 36.8 Å². The van der Waals surface area contributed by atoms with Crippen molar-refractivity contribution in [1.29, 1.82) is 0 Å². The van der Waals surface area contributed by atoms with Gasteiger partial charge in [-0.15, -0.1) is 0 Å². The summed E-state index contributed by atoms with van der Waals surface area (Å²) in [6, 6.07) is 2.85. The van der Waals surface area contributed by atoms with Crippen LogP contribution in [0, 0.1) is 12.8 Å². The number of hydrogen-bond donors (Lipinski definition) is 1. The number of hydrogen-bond acceptors (Lipinski definition) is 2. The summed E-state index contributed by atoms with van der Waals surface area (Å²) in [6.07, 6.45) is 9.51. The maximum atomic E-state index is 4.22. The van der Waals surface area contributed by atoms with Crippen LogP contribution in [0.5, 0.6) is 0 Å². The molecule has 0 spiro atoms. The number of pyridine rings is 1. The monoisotopic (exact) mass is 218 g/mol. The Morgan fingerprint density at radius 2 is 2.12 bits per heavy atom. The molecule has 0 radical (unpaired) electrons. The summed E-state index contributed by atoms with van der Waals surface area (Å²) >= 11 is 0. The predicted octanol–water partition coefficient (Wildman–Crippen LogP) is 3.06. The molecular formula is C14H22N2. The van der Waals surface area contributed by atoms with Crippen LogP contribution in [-0.4, -0.2) is 11.0 Å². The number of nitrogens with zero attached hydrogens (tertiary/aromatic N) is 1. The first-order valence-corrected chi connectivity index (χ1v) is 6.39. The highest BCUT2D eigenvalue weighted by Crippen LogP contribution is 2.27. The molecule has 1 heterocycles. The first-order valence-electron chi connectivity index (χ1n) is 6.39. The Bertz CT molecular complexity index is 329. The summed E-state index contributed by atoms with van der Waals surface area (Å²) in [4.78, 5) is 4.22. The first-order chi connectivity index (χ1) is 7.75. The molecule has 1 aromatic heterocycles. The minimum absolute atomic E-state index is 0.642. The zero-order valence-electron chi connectivity index (χ0n) is 10.4. The zero-order valence-corrected chi connectivity index (χ0v) is 10.4. The van der Waals surface area contributed by atoms with E-state index in [2.05, 4.69) is 30.2 Å². The molecule has 0 aromatic carbocycles. The molecule has 1 fully saturated rings. The fraction of sp³-hybridized carbons (Fsp3) is 0.643. The Hall–Kier alpha value is -0.890. The van der Waals surface area contributed by atoms with Crippen molar-refractivity contribution in [3.63, 3.8) is 0 Å². The summed E-state index contributed by atoms with van der Waals surface area (Å²) < 4.78 is 0. The van der Waals surface area contributed by atoms with Crippen LogP contribution < -0.4 is 5.32 Å². The van der Waals surface area contributed by atoms with E-state index in [-0.39, 0.29) is 0 Å². The lowest BCUT2D eigenvalue weighted by Gasteiger charge is -2.20. The molecule has 1 saturated carbocycles. The van der Waals surface area contributed by atoms with Crippen LogP contribution in [0.3, 0.4) is 0 Å². The van der Waals surface area contributed by atoms with Crippen LogP contribution in [0.1, 0.15) is 43.7 Å². The van der Waals surface area contributed by atoms with E-state index in [9.17, 15) is 0 Å². The lowest BCUT2D eigenvalue weighted by Crippen LogP contribution is -2.31. The maximum Gasteiger partial charge on any atom is 0.0313 e. The number of aromatic nitrogens is 1. The predicted molar refractivity (Wildman–Crippen MR) is 67.2 cm³/mol. The molecule has 2 heteroatoms. The van der Waals surface area contributed by atoms with Crippen molar-refractivity contribution in [1.82, 2.24) is 10.3 Å². The van der Waals surface area contributed by atoms with E-state index in [4.69, 9.17) is 0 Å². The van der Waals surface area contributed by atoms with Gasteiger partial charge in [-0.1, -0.05) is 18.9 Å². The van der Waals surface area contributed by atoms with Gasteiger partial charge in [0.1, 0.15) is 0 Å². The molecule has 1 aliphatic rings. The van der Waals surface area contributed by atoms with Gasteiger partial charge in [0, 0.05) is 25.0 Å².